The quantitative estimate of drug-likeness (QED) is 0.245. The summed E-state index contributed by atoms with van der Waals surface area (Å²) in [5.74, 6) is 0. The van der Waals surface area contributed by atoms with Gasteiger partial charge in [-0.2, -0.15) is 0 Å². The lowest BCUT2D eigenvalue weighted by molar-refractivity contribution is 0.0798. The molecule has 0 unspecified atom stereocenters. The fourth-order valence-corrected chi connectivity index (χ4v) is 2.46. The molecule has 0 spiro atoms. The topological polar surface area (TPSA) is 49.0 Å². The highest BCUT2D eigenvalue weighted by atomic mass is 16.5. The molecule has 0 amide bonds. The molecule has 0 aromatic rings. The molecule has 0 saturated carbocycles. The first kappa shape index (κ1) is 26.8. The Balaban J connectivity index is 2.95. The maximum absolute atomic E-state index is 5.63. The zero-order valence-electron chi connectivity index (χ0n) is 18.3. The predicted octanol–water partition coefficient (Wildman–Crippen LogP) is 4.58. The molecule has 0 radical (unpaired) electrons. The van der Waals surface area contributed by atoms with Gasteiger partial charge in [-0.25, -0.2) is 0 Å². The molecule has 0 aromatic heterocycles. The molecule has 5 nitrogen and oxygen atoms in total. The standard InChI is InChI=1S/C22H47NO4/c1-3-5-15-24-19-11-21-26-17-9-7-13-23-14-8-10-18-27-22-12-20-25-16-6-4-2/h23H,3-22H2,1-2H3. The maximum atomic E-state index is 5.63. The van der Waals surface area contributed by atoms with Crippen LogP contribution in [-0.2, 0) is 18.9 Å². The fourth-order valence-electron chi connectivity index (χ4n) is 2.46. The fraction of sp³-hybridized carbons (Fsp3) is 1.00. The highest BCUT2D eigenvalue weighted by Crippen LogP contribution is 1.95. The third kappa shape index (κ3) is 25.8. The number of hydrogen-bond donors (Lipinski definition) is 1. The Labute approximate surface area is 168 Å². The van der Waals surface area contributed by atoms with Crippen LogP contribution in [-0.4, -0.2) is 65.9 Å². The molecule has 0 rings (SSSR count). The molecule has 0 saturated heterocycles. The van der Waals surface area contributed by atoms with Gasteiger partial charge in [-0.1, -0.05) is 26.7 Å². The van der Waals surface area contributed by atoms with Gasteiger partial charge in [-0.15, -0.1) is 0 Å². The highest BCUT2D eigenvalue weighted by molar-refractivity contribution is 4.50. The van der Waals surface area contributed by atoms with Crippen molar-refractivity contribution in [3.63, 3.8) is 0 Å². The van der Waals surface area contributed by atoms with E-state index >= 15 is 0 Å². The molecular weight excluding hydrogens is 342 g/mol. The second-order valence-corrected chi connectivity index (χ2v) is 7.03. The van der Waals surface area contributed by atoms with E-state index in [1.807, 2.05) is 0 Å². The summed E-state index contributed by atoms with van der Waals surface area (Å²) in [6.07, 6.45) is 11.4. The van der Waals surface area contributed by atoms with E-state index in [9.17, 15) is 0 Å². The maximum Gasteiger partial charge on any atom is 0.0487 e. The first-order valence-corrected chi connectivity index (χ1v) is 11.4. The molecule has 0 fully saturated rings. The van der Waals surface area contributed by atoms with Gasteiger partial charge in [0.05, 0.1) is 0 Å². The minimum absolute atomic E-state index is 0.824. The number of nitrogens with one attached hydrogen (secondary N) is 1. The Hall–Kier alpha value is -0.200. The third-order valence-corrected chi connectivity index (χ3v) is 4.22. The summed E-state index contributed by atoms with van der Waals surface area (Å²) in [4.78, 5) is 0. The molecule has 0 aromatic carbocycles. The van der Waals surface area contributed by atoms with Crippen molar-refractivity contribution in [3.05, 3.63) is 0 Å². The number of hydrogen-bond acceptors (Lipinski definition) is 5. The molecule has 0 aliphatic heterocycles. The SMILES string of the molecule is CCCCOCCCOCCCCNCCCCOCCCOCCCC. The van der Waals surface area contributed by atoms with Crippen molar-refractivity contribution in [2.45, 2.75) is 78.1 Å². The molecule has 1 N–H and O–H groups in total. The molecule has 0 aliphatic carbocycles. The van der Waals surface area contributed by atoms with E-state index in [0.29, 0.717) is 0 Å². The zero-order chi connectivity index (χ0) is 19.7. The van der Waals surface area contributed by atoms with Crippen LogP contribution >= 0.6 is 0 Å². The summed E-state index contributed by atoms with van der Waals surface area (Å²) in [5, 5.41) is 3.50. The molecular formula is C22H47NO4. The summed E-state index contributed by atoms with van der Waals surface area (Å²) in [6.45, 7) is 13.4. The number of unbranched alkanes of at least 4 members (excludes halogenated alkanes) is 4. The van der Waals surface area contributed by atoms with Crippen LogP contribution in [0.4, 0.5) is 0 Å². The van der Waals surface area contributed by atoms with Crippen molar-refractivity contribution in [1.82, 2.24) is 5.32 Å². The lowest BCUT2D eigenvalue weighted by Crippen LogP contribution is -2.17. The predicted molar refractivity (Wildman–Crippen MR) is 114 cm³/mol. The summed E-state index contributed by atoms with van der Waals surface area (Å²) in [5.41, 5.74) is 0. The first-order chi connectivity index (χ1) is 13.4. The van der Waals surface area contributed by atoms with E-state index in [4.69, 9.17) is 18.9 Å². The van der Waals surface area contributed by atoms with Crippen molar-refractivity contribution in [2.24, 2.45) is 0 Å². The van der Waals surface area contributed by atoms with E-state index < -0.39 is 0 Å². The molecule has 0 bridgehead atoms. The largest absolute Gasteiger partial charge is 0.381 e. The second-order valence-electron chi connectivity index (χ2n) is 7.03. The normalized spacial score (nSPS) is 11.3. The van der Waals surface area contributed by atoms with Gasteiger partial charge in [0.2, 0.25) is 0 Å². The summed E-state index contributed by atoms with van der Waals surface area (Å²) < 4.78 is 22.3. The van der Waals surface area contributed by atoms with Crippen LogP contribution in [0.1, 0.15) is 78.1 Å². The van der Waals surface area contributed by atoms with E-state index in [1.165, 1.54) is 25.7 Å². The Morgan fingerprint density at radius 3 is 1.11 bits per heavy atom. The molecule has 164 valence electrons. The van der Waals surface area contributed by atoms with Gasteiger partial charge in [0.15, 0.2) is 0 Å². The van der Waals surface area contributed by atoms with Gasteiger partial charge in [0.1, 0.15) is 0 Å². The Morgan fingerprint density at radius 2 is 0.741 bits per heavy atom. The number of ether oxygens (including phenoxy) is 4. The minimum atomic E-state index is 0.824. The van der Waals surface area contributed by atoms with Crippen LogP contribution in [0, 0.1) is 0 Å². The first-order valence-electron chi connectivity index (χ1n) is 11.4. The van der Waals surface area contributed by atoms with Crippen molar-refractivity contribution in [2.75, 3.05) is 65.9 Å². The summed E-state index contributed by atoms with van der Waals surface area (Å²) in [6, 6.07) is 0. The Bertz CT molecular complexity index is 230. The van der Waals surface area contributed by atoms with Crippen molar-refractivity contribution in [3.8, 4) is 0 Å². The van der Waals surface area contributed by atoms with Crippen LogP contribution < -0.4 is 5.32 Å². The zero-order valence-corrected chi connectivity index (χ0v) is 18.3. The Morgan fingerprint density at radius 1 is 0.407 bits per heavy atom. The van der Waals surface area contributed by atoms with Crippen LogP contribution in [0.5, 0.6) is 0 Å². The van der Waals surface area contributed by atoms with Gasteiger partial charge in [0.25, 0.3) is 0 Å². The van der Waals surface area contributed by atoms with Crippen molar-refractivity contribution >= 4 is 0 Å². The minimum Gasteiger partial charge on any atom is -0.381 e. The van der Waals surface area contributed by atoms with E-state index in [0.717, 1.165) is 104 Å². The van der Waals surface area contributed by atoms with E-state index in [1.54, 1.807) is 0 Å². The van der Waals surface area contributed by atoms with E-state index in [2.05, 4.69) is 19.2 Å². The smallest absolute Gasteiger partial charge is 0.0487 e. The summed E-state index contributed by atoms with van der Waals surface area (Å²) in [7, 11) is 0. The average molecular weight is 390 g/mol. The lowest BCUT2D eigenvalue weighted by Gasteiger charge is -2.07. The number of rotatable bonds is 24. The van der Waals surface area contributed by atoms with Gasteiger partial charge < -0.3 is 24.3 Å². The molecule has 0 atom stereocenters. The van der Waals surface area contributed by atoms with Crippen LogP contribution in [0.25, 0.3) is 0 Å². The Kier molecular flexibility index (Phi) is 25.6. The van der Waals surface area contributed by atoms with E-state index in [-0.39, 0.29) is 0 Å². The second kappa shape index (κ2) is 25.8. The molecule has 0 aliphatic rings. The lowest BCUT2D eigenvalue weighted by atomic mass is 10.3. The average Bonchev–Trinajstić information content (AvgIpc) is 2.68. The summed E-state index contributed by atoms with van der Waals surface area (Å²) >= 11 is 0. The van der Waals surface area contributed by atoms with Crippen LogP contribution in [0.2, 0.25) is 0 Å². The monoisotopic (exact) mass is 389 g/mol. The molecule has 27 heavy (non-hydrogen) atoms. The van der Waals surface area contributed by atoms with Crippen molar-refractivity contribution in [1.29, 1.82) is 0 Å². The van der Waals surface area contributed by atoms with Gasteiger partial charge >= 0.3 is 0 Å². The third-order valence-electron chi connectivity index (χ3n) is 4.22. The highest BCUT2D eigenvalue weighted by Gasteiger charge is 1.94. The molecule has 5 heteroatoms. The van der Waals surface area contributed by atoms with Crippen molar-refractivity contribution < 1.29 is 18.9 Å². The van der Waals surface area contributed by atoms with Gasteiger partial charge in [-0.3, -0.25) is 0 Å². The van der Waals surface area contributed by atoms with Gasteiger partial charge in [0, 0.05) is 52.9 Å². The van der Waals surface area contributed by atoms with Gasteiger partial charge in [-0.05, 0) is 64.5 Å². The van der Waals surface area contributed by atoms with Crippen LogP contribution in [0.15, 0.2) is 0 Å². The van der Waals surface area contributed by atoms with Crippen LogP contribution in [0.3, 0.4) is 0 Å². The molecule has 0 heterocycles.